The molecule has 1 fully saturated rings. The van der Waals surface area contributed by atoms with Gasteiger partial charge in [-0.05, 0) is 31.6 Å². The van der Waals surface area contributed by atoms with Gasteiger partial charge in [0.25, 0.3) is 0 Å². The van der Waals surface area contributed by atoms with Crippen molar-refractivity contribution in [2.75, 3.05) is 13.1 Å². The van der Waals surface area contributed by atoms with Crippen molar-refractivity contribution in [3.63, 3.8) is 0 Å². The van der Waals surface area contributed by atoms with E-state index in [1.54, 1.807) is 0 Å². The Bertz CT molecular complexity index is 217. The lowest BCUT2D eigenvalue weighted by Crippen LogP contribution is -2.41. The number of carbonyl (C=O) groups is 1. The Morgan fingerprint density at radius 1 is 1.25 bits per heavy atom. The SMILES string of the molecule is CCC(CC)N(CC(=O)C1CC1)CC(C)C. The summed E-state index contributed by atoms with van der Waals surface area (Å²) in [4.78, 5) is 14.3. The van der Waals surface area contributed by atoms with Crippen molar-refractivity contribution in [3.8, 4) is 0 Å². The maximum absolute atomic E-state index is 11.9. The van der Waals surface area contributed by atoms with Gasteiger partial charge in [-0.3, -0.25) is 9.69 Å². The zero-order valence-electron chi connectivity index (χ0n) is 11.3. The van der Waals surface area contributed by atoms with E-state index in [0.29, 0.717) is 30.2 Å². The lowest BCUT2D eigenvalue weighted by atomic mass is 10.1. The summed E-state index contributed by atoms with van der Waals surface area (Å²) in [5.41, 5.74) is 0. The molecule has 0 aliphatic heterocycles. The molecule has 94 valence electrons. The van der Waals surface area contributed by atoms with Gasteiger partial charge in [0.05, 0.1) is 6.54 Å². The summed E-state index contributed by atoms with van der Waals surface area (Å²) < 4.78 is 0. The van der Waals surface area contributed by atoms with E-state index in [0.717, 1.165) is 32.2 Å². The molecule has 2 nitrogen and oxygen atoms in total. The summed E-state index contributed by atoms with van der Waals surface area (Å²) in [7, 11) is 0. The fourth-order valence-corrected chi connectivity index (χ4v) is 2.35. The molecule has 0 atom stereocenters. The van der Waals surface area contributed by atoms with Gasteiger partial charge < -0.3 is 0 Å². The van der Waals surface area contributed by atoms with E-state index >= 15 is 0 Å². The Balaban J connectivity index is 2.50. The number of hydrogen-bond acceptors (Lipinski definition) is 2. The molecule has 0 amide bonds. The minimum Gasteiger partial charge on any atom is -0.298 e. The maximum atomic E-state index is 11.9. The lowest BCUT2D eigenvalue weighted by Gasteiger charge is -2.31. The highest BCUT2D eigenvalue weighted by atomic mass is 16.1. The van der Waals surface area contributed by atoms with Crippen LogP contribution >= 0.6 is 0 Å². The minimum absolute atomic E-state index is 0.407. The highest BCUT2D eigenvalue weighted by Gasteiger charge is 2.31. The predicted molar refractivity (Wildman–Crippen MR) is 68.5 cm³/mol. The fourth-order valence-electron chi connectivity index (χ4n) is 2.35. The number of nitrogens with zero attached hydrogens (tertiary/aromatic N) is 1. The Morgan fingerprint density at radius 2 is 1.81 bits per heavy atom. The molecular weight excluding hydrogens is 198 g/mol. The molecule has 1 aliphatic carbocycles. The van der Waals surface area contributed by atoms with Crippen LogP contribution in [0.1, 0.15) is 53.4 Å². The van der Waals surface area contributed by atoms with Gasteiger partial charge in [0.15, 0.2) is 0 Å². The maximum Gasteiger partial charge on any atom is 0.149 e. The first-order valence-corrected chi connectivity index (χ1v) is 6.85. The first kappa shape index (κ1) is 13.7. The van der Waals surface area contributed by atoms with Crippen LogP contribution in [-0.2, 0) is 4.79 Å². The summed E-state index contributed by atoms with van der Waals surface area (Å²) in [5.74, 6) is 1.53. The molecule has 0 radical (unpaired) electrons. The van der Waals surface area contributed by atoms with Gasteiger partial charge in [-0.1, -0.05) is 27.7 Å². The zero-order chi connectivity index (χ0) is 12.1. The van der Waals surface area contributed by atoms with Crippen molar-refractivity contribution in [2.24, 2.45) is 11.8 Å². The molecule has 1 rings (SSSR count). The topological polar surface area (TPSA) is 20.3 Å². The number of hydrogen-bond donors (Lipinski definition) is 0. The molecular formula is C14H27NO. The molecule has 0 aromatic heterocycles. The molecule has 0 heterocycles. The second-order valence-corrected chi connectivity index (χ2v) is 5.53. The van der Waals surface area contributed by atoms with Crippen LogP contribution in [0.4, 0.5) is 0 Å². The summed E-state index contributed by atoms with van der Waals surface area (Å²) in [6, 6.07) is 0.588. The van der Waals surface area contributed by atoms with Gasteiger partial charge in [0.1, 0.15) is 5.78 Å². The standard InChI is InChI=1S/C14H27NO/c1-5-13(6-2)15(9-11(3)4)10-14(16)12-7-8-12/h11-13H,5-10H2,1-4H3. The van der Waals surface area contributed by atoms with Crippen LogP contribution in [0.5, 0.6) is 0 Å². The van der Waals surface area contributed by atoms with E-state index in [2.05, 4.69) is 32.6 Å². The molecule has 2 heteroatoms. The van der Waals surface area contributed by atoms with E-state index in [4.69, 9.17) is 0 Å². The van der Waals surface area contributed by atoms with E-state index in [9.17, 15) is 4.79 Å². The predicted octanol–water partition coefficient (Wildman–Crippen LogP) is 3.11. The largest absolute Gasteiger partial charge is 0.298 e. The summed E-state index contributed by atoms with van der Waals surface area (Å²) in [6.45, 7) is 10.7. The van der Waals surface area contributed by atoms with E-state index < -0.39 is 0 Å². The highest BCUT2D eigenvalue weighted by Crippen LogP contribution is 2.30. The van der Waals surface area contributed by atoms with Gasteiger partial charge in [-0.2, -0.15) is 0 Å². The van der Waals surface area contributed by atoms with Crippen LogP contribution in [-0.4, -0.2) is 29.8 Å². The molecule has 0 bridgehead atoms. The zero-order valence-corrected chi connectivity index (χ0v) is 11.3. The Kier molecular flexibility index (Phi) is 5.47. The van der Waals surface area contributed by atoms with Crippen LogP contribution in [0.25, 0.3) is 0 Å². The van der Waals surface area contributed by atoms with Gasteiger partial charge >= 0.3 is 0 Å². The third-order valence-electron chi connectivity index (χ3n) is 3.45. The molecule has 1 aliphatic rings. The molecule has 0 unspecified atom stereocenters. The Labute approximate surface area is 100 Å². The van der Waals surface area contributed by atoms with Crippen molar-refractivity contribution in [2.45, 2.75) is 59.4 Å². The number of carbonyl (C=O) groups excluding carboxylic acids is 1. The first-order chi connectivity index (χ1) is 7.58. The summed E-state index contributed by atoms with van der Waals surface area (Å²) in [6.07, 6.45) is 4.58. The van der Waals surface area contributed by atoms with Crippen LogP contribution < -0.4 is 0 Å². The number of rotatable bonds is 8. The van der Waals surface area contributed by atoms with E-state index in [-0.39, 0.29) is 0 Å². The molecule has 0 aromatic carbocycles. The van der Waals surface area contributed by atoms with Crippen LogP contribution in [0, 0.1) is 11.8 Å². The molecule has 16 heavy (non-hydrogen) atoms. The molecule has 0 aromatic rings. The van der Waals surface area contributed by atoms with Crippen LogP contribution in [0.15, 0.2) is 0 Å². The second-order valence-electron chi connectivity index (χ2n) is 5.53. The van der Waals surface area contributed by atoms with E-state index in [1.807, 2.05) is 0 Å². The van der Waals surface area contributed by atoms with Gasteiger partial charge in [-0.25, -0.2) is 0 Å². The molecule has 0 N–H and O–H groups in total. The van der Waals surface area contributed by atoms with Crippen LogP contribution in [0.2, 0.25) is 0 Å². The Hall–Kier alpha value is -0.370. The molecule has 0 saturated heterocycles. The third-order valence-corrected chi connectivity index (χ3v) is 3.45. The lowest BCUT2D eigenvalue weighted by molar-refractivity contribution is -0.122. The van der Waals surface area contributed by atoms with Crippen molar-refractivity contribution in [3.05, 3.63) is 0 Å². The summed E-state index contributed by atoms with van der Waals surface area (Å²) >= 11 is 0. The van der Waals surface area contributed by atoms with Gasteiger partial charge in [-0.15, -0.1) is 0 Å². The van der Waals surface area contributed by atoms with Crippen molar-refractivity contribution in [1.82, 2.24) is 4.90 Å². The number of ketones is 1. The first-order valence-electron chi connectivity index (χ1n) is 6.85. The normalized spacial score (nSPS) is 16.4. The summed E-state index contributed by atoms with van der Waals surface area (Å²) in [5, 5.41) is 0. The van der Waals surface area contributed by atoms with Gasteiger partial charge in [0.2, 0.25) is 0 Å². The smallest absolute Gasteiger partial charge is 0.149 e. The average molecular weight is 225 g/mol. The third kappa shape index (κ3) is 4.25. The van der Waals surface area contributed by atoms with E-state index in [1.165, 1.54) is 0 Å². The molecule has 0 spiro atoms. The quantitative estimate of drug-likeness (QED) is 0.632. The number of Topliss-reactive ketones (excluding diaryl/α,β-unsaturated/α-hetero) is 1. The Morgan fingerprint density at radius 3 is 2.19 bits per heavy atom. The fraction of sp³-hybridized carbons (Fsp3) is 0.929. The second kappa shape index (κ2) is 6.39. The van der Waals surface area contributed by atoms with Gasteiger partial charge in [0, 0.05) is 18.5 Å². The van der Waals surface area contributed by atoms with Crippen molar-refractivity contribution >= 4 is 5.78 Å². The minimum atomic E-state index is 0.407. The van der Waals surface area contributed by atoms with Crippen LogP contribution in [0.3, 0.4) is 0 Å². The average Bonchev–Trinajstić information content (AvgIpc) is 3.01. The van der Waals surface area contributed by atoms with Crippen molar-refractivity contribution in [1.29, 1.82) is 0 Å². The monoisotopic (exact) mass is 225 g/mol. The molecule has 1 saturated carbocycles. The van der Waals surface area contributed by atoms with Crippen molar-refractivity contribution < 1.29 is 4.79 Å². The highest BCUT2D eigenvalue weighted by molar-refractivity contribution is 5.85.